The number of anilines is 1. The molecule has 0 aliphatic carbocycles. The van der Waals surface area contributed by atoms with E-state index in [-0.39, 0.29) is 40.0 Å². The fourth-order valence-corrected chi connectivity index (χ4v) is 6.96. The molecule has 2 aromatic heterocycles. The third-order valence-corrected chi connectivity index (χ3v) is 10.6. The molecule has 0 spiro atoms. The second-order valence-corrected chi connectivity index (χ2v) is 14.8. The Kier molecular flexibility index (Phi) is 9.25. The van der Waals surface area contributed by atoms with Crippen LogP contribution in [-0.2, 0) is 29.4 Å². The third-order valence-electron chi connectivity index (χ3n) is 7.67. The van der Waals surface area contributed by atoms with Gasteiger partial charge in [-0.25, -0.2) is 31.5 Å². The van der Waals surface area contributed by atoms with E-state index in [1.165, 1.54) is 11.8 Å². The number of furan rings is 1. The van der Waals surface area contributed by atoms with Gasteiger partial charge in [-0.15, -0.1) is 0 Å². The van der Waals surface area contributed by atoms with Crippen LogP contribution in [0.15, 0.2) is 61.9 Å². The topological polar surface area (TPSA) is 171 Å². The molecule has 0 bridgehead atoms. The first-order chi connectivity index (χ1) is 20.9. The van der Waals surface area contributed by atoms with E-state index in [4.69, 9.17) is 4.42 Å². The van der Waals surface area contributed by atoms with E-state index in [2.05, 4.69) is 20.0 Å². The van der Waals surface area contributed by atoms with Gasteiger partial charge in [-0.3, -0.25) is 9.59 Å². The van der Waals surface area contributed by atoms with Gasteiger partial charge in [0.2, 0.25) is 17.8 Å². The first-order valence-electron chi connectivity index (χ1n) is 14.6. The summed E-state index contributed by atoms with van der Waals surface area (Å²) in [6, 6.07) is 8.37. The summed E-state index contributed by atoms with van der Waals surface area (Å²) in [7, 11) is -7.94. The second-order valence-electron chi connectivity index (χ2n) is 10.9. The van der Waals surface area contributed by atoms with Crippen molar-refractivity contribution in [3.05, 3.63) is 48.4 Å². The van der Waals surface area contributed by atoms with Crippen LogP contribution in [0.25, 0.3) is 11.0 Å². The largest absolute Gasteiger partial charge is 0.461 e. The zero-order chi connectivity index (χ0) is 31.5. The molecule has 236 valence electrons. The molecule has 1 aromatic carbocycles. The number of carbonyl (C=O) groups is 2. The summed E-state index contributed by atoms with van der Waals surface area (Å²) in [6.45, 7) is 5.01. The summed E-state index contributed by atoms with van der Waals surface area (Å²) in [6.07, 6.45) is 4.56. The highest BCUT2D eigenvalue weighted by Crippen LogP contribution is 2.23. The summed E-state index contributed by atoms with van der Waals surface area (Å²) < 4.78 is 59.3. The minimum Gasteiger partial charge on any atom is -0.461 e. The Hall–Kier alpha value is -3.98. The molecular weight excluding hydrogens is 608 g/mol. The van der Waals surface area contributed by atoms with Gasteiger partial charge in [-0.2, -0.15) is 0 Å². The van der Waals surface area contributed by atoms with E-state index in [0.29, 0.717) is 55.9 Å². The van der Waals surface area contributed by atoms with Gasteiger partial charge in [0.05, 0.1) is 12.3 Å². The van der Waals surface area contributed by atoms with Crippen LogP contribution in [0, 0.1) is 6.92 Å². The number of carbonyl (C=O) groups excluding carboxylic acids is 2. The molecule has 2 aliphatic rings. The quantitative estimate of drug-likeness (QED) is 0.276. The molecule has 2 fully saturated rings. The number of benzene rings is 1. The van der Waals surface area contributed by atoms with E-state index in [1.807, 2.05) is 13.0 Å². The number of pyridine rings is 1. The number of hydrogen-bond donors (Lipinski definition) is 2. The number of nitrogens with zero attached hydrogens (tertiary/aromatic N) is 4. The molecular formula is C29H36N6O7S2. The number of rotatable bonds is 8. The molecule has 3 aromatic rings. The van der Waals surface area contributed by atoms with Crippen molar-refractivity contribution in [3.63, 3.8) is 0 Å². The van der Waals surface area contributed by atoms with Crippen molar-refractivity contribution in [2.24, 2.45) is 4.99 Å². The molecule has 44 heavy (non-hydrogen) atoms. The van der Waals surface area contributed by atoms with Crippen molar-refractivity contribution < 1.29 is 30.8 Å². The van der Waals surface area contributed by atoms with Crippen LogP contribution in [0.2, 0.25) is 0 Å². The fraction of sp³-hybridized carbons (Fsp3) is 0.448. The van der Waals surface area contributed by atoms with Crippen LogP contribution in [0.3, 0.4) is 0 Å². The van der Waals surface area contributed by atoms with Gasteiger partial charge in [-0.1, -0.05) is 6.92 Å². The third kappa shape index (κ3) is 7.21. The maximum absolute atomic E-state index is 13.6. The van der Waals surface area contributed by atoms with Crippen LogP contribution in [-0.4, -0.2) is 87.4 Å². The average molecular weight is 645 g/mol. The monoisotopic (exact) mass is 644 g/mol. The summed E-state index contributed by atoms with van der Waals surface area (Å²) in [4.78, 5) is 37.8. The molecule has 2 amide bonds. The minimum absolute atomic E-state index is 0.0471. The molecule has 0 saturated carbocycles. The lowest BCUT2D eigenvalue weighted by Crippen LogP contribution is -2.45. The number of aliphatic imine (C=N–C) groups is 1. The highest BCUT2D eigenvalue weighted by molar-refractivity contribution is 7.91. The number of aryl methyl sites for hydroxylation is 1. The molecule has 4 heterocycles. The number of nitrogens with one attached hydrogen (secondary N) is 2. The highest BCUT2D eigenvalue weighted by Gasteiger charge is 2.31. The van der Waals surface area contributed by atoms with Gasteiger partial charge in [0.15, 0.2) is 14.9 Å². The summed E-state index contributed by atoms with van der Waals surface area (Å²) >= 11 is 0. The zero-order valence-electron chi connectivity index (χ0n) is 24.7. The predicted octanol–water partition coefficient (Wildman–Crippen LogP) is 2.68. The van der Waals surface area contributed by atoms with Crippen molar-refractivity contribution >= 4 is 54.3 Å². The molecule has 5 rings (SSSR count). The Morgan fingerprint density at radius 3 is 2.50 bits per heavy atom. The summed E-state index contributed by atoms with van der Waals surface area (Å²) in [5.74, 6) is -0.141. The molecule has 15 heteroatoms. The SMILES string of the molecule is CCS(=O)(=O)c1ccc(S(=O)(=O)NC(=NC2CCCCN(CC(=O)N3CCCC3)C2=O)Nc2ccc3oc(C)cc3c2)cn1. The van der Waals surface area contributed by atoms with Crippen LogP contribution in [0.1, 0.15) is 44.8 Å². The van der Waals surface area contributed by atoms with Crippen molar-refractivity contribution in [1.82, 2.24) is 19.5 Å². The van der Waals surface area contributed by atoms with Gasteiger partial charge >= 0.3 is 0 Å². The lowest BCUT2D eigenvalue weighted by molar-refractivity contribution is -0.140. The Morgan fingerprint density at radius 2 is 1.80 bits per heavy atom. The van der Waals surface area contributed by atoms with Gasteiger partial charge in [0, 0.05) is 36.9 Å². The Morgan fingerprint density at radius 1 is 1.05 bits per heavy atom. The Bertz CT molecular complexity index is 1780. The summed E-state index contributed by atoms with van der Waals surface area (Å²) in [5.41, 5.74) is 1.14. The van der Waals surface area contributed by atoms with E-state index in [1.54, 1.807) is 23.1 Å². The summed E-state index contributed by atoms with van der Waals surface area (Å²) in [5, 5.41) is 3.54. The van der Waals surface area contributed by atoms with Crippen LogP contribution < -0.4 is 10.0 Å². The number of fused-ring (bicyclic) bond motifs is 1. The number of hydrogen-bond acceptors (Lipinski definition) is 9. The smallest absolute Gasteiger partial charge is 0.265 e. The Labute approximate surface area is 256 Å². The average Bonchev–Trinajstić information content (AvgIpc) is 3.63. The lowest BCUT2D eigenvalue weighted by Gasteiger charge is -2.25. The van der Waals surface area contributed by atoms with E-state index >= 15 is 0 Å². The lowest BCUT2D eigenvalue weighted by atomic mass is 10.1. The van der Waals surface area contributed by atoms with Crippen LogP contribution in [0.5, 0.6) is 0 Å². The van der Waals surface area contributed by atoms with Crippen molar-refractivity contribution in [2.45, 2.75) is 61.9 Å². The maximum atomic E-state index is 13.6. The standard InChI is InChI=1S/C29H36N6O7S2/c1-3-43(38,39)26-12-10-23(18-30-26)44(40,41)33-29(31-22-9-11-25-21(17-22)16-20(2)42-25)32-24-8-4-5-15-35(28(24)37)19-27(36)34-13-6-7-14-34/h9-12,16-18,24H,3-8,13-15,19H2,1-2H3,(H2,31,32,33). The first-order valence-corrected chi connectivity index (χ1v) is 17.7. The normalized spacial score (nSPS) is 18.5. The molecule has 2 N–H and O–H groups in total. The number of likely N-dealkylation sites (tertiary alicyclic amines) is 2. The number of sulfonamides is 1. The molecule has 13 nitrogen and oxygen atoms in total. The highest BCUT2D eigenvalue weighted by atomic mass is 32.2. The van der Waals surface area contributed by atoms with Crippen molar-refractivity contribution in [2.75, 3.05) is 37.2 Å². The molecule has 2 aliphatic heterocycles. The van der Waals surface area contributed by atoms with Gasteiger partial charge in [-0.05, 0) is 75.4 Å². The molecule has 1 atom stereocenters. The fourth-order valence-electron chi connectivity index (χ4n) is 5.27. The van der Waals surface area contributed by atoms with Crippen LogP contribution in [0.4, 0.5) is 5.69 Å². The maximum Gasteiger partial charge on any atom is 0.265 e. The minimum atomic E-state index is -4.31. The van der Waals surface area contributed by atoms with Gasteiger partial charge in [0.1, 0.15) is 22.3 Å². The predicted molar refractivity (Wildman–Crippen MR) is 164 cm³/mol. The van der Waals surface area contributed by atoms with Crippen LogP contribution >= 0.6 is 0 Å². The molecule has 0 radical (unpaired) electrons. The van der Waals surface area contributed by atoms with E-state index < -0.39 is 25.9 Å². The van der Waals surface area contributed by atoms with Gasteiger partial charge in [0.25, 0.3) is 10.0 Å². The molecule has 1 unspecified atom stereocenters. The van der Waals surface area contributed by atoms with E-state index in [0.717, 1.165) is 36.6 Å². The number of amides is 2. The van der Waals surface area contributed by atoms with Crippen molar-refractivity contribution in [1.29, 1.82) is 0 Å². The zero-order valence-corrected chi connectivity index (χ0v) is 26.3. The number of sulfone groups is 1. The number of guanidine groups is 1. The van der Waals surface area contributed by atoms with E-state index in [9.17, 15) is 26.4 Å². The second kappa shape index (κ2) is 12.9. The molecule has 2 saturated heterocycles. The van der Waals surface area contributed by atoms with Crippen molar-refractivity contribution in [3.8, 4) is 0 Å². The number of aromatic nitrogens is 1. The Balaban J connectivity index is 1.44. The van der Waals surface area contributed by atoms with Gasteiger partial charge < -0.3 is 19.5 Å². The first kappa shape index (κ1) is 31.4.